The summed E-state index contributed by atoms with van der Waals surface area (Å²) in [6, 6.07) is 0. The number of hydrogen-bond acceptors (Lipinski definition) is 2. The van der Waals surface area contributed by atoms with E-state index in [1.54, 1.807) is 0 Å². The van der Waals surface area contributed by atoms with Gasteiger partial charge in [0.2, 0.25) is 0 Å². The summed E-state index contributed by atoms with van der Waals surface area (Å²) in [5.41, 5.74) is 0. The Kier molecular flexibility index (Phi) is 6.36. The van der Waals surface area contributed by atoms with Crippen LogP contribution in [0.4, 0.5) is 0 Å². The average Bonchev–Trinajstić information content (AvgIpc) is 2.79. The first-order valence-electron chi connectivity index (χ1n) is 7.88. The lowest BCUT2D eigenvalue weighted by atomic mass is 10.1. The molecule has 1 aliphatic carbocycles. The second-order valence-corrected chi connectivity index (χ2v) is 5.96. The maximum absolute atomic E-state index is 3.67. The molecule has 0 bridgehead atoms. The molecule has 17 heavy (non-hydrogen) atoms. The average molecular weight is 238 g/mol. The highest BCUT2D eigenvalue weighted by Crippen LogP contribution is 2.23. The van der Waals surface area contributed by atoms with Crippen molar-refractivity contribution in [1.82, 2.24) is 10.2 Å². The van der Waals surface area contributed by atoms with Crippen molar-refractivity contribution in [3.05, 3.63) is 0 Å². The molecule has 1 aliphatic heterocycles. The van der Waals surface area contributed by atoms with Gasteiger partial charge in [0.05, 0.1) is 0 Å². The predicted octanol–water partition coefficient (Wildman–Crippen LogP) is 3.03. The fourth-order valence-electron chi connectivity index (χ4n) is 3.29. The second-order valence-electron chi connectivity index (χ2n) is 5.96. The molecule has 2 nitrogen and oxygen atoms in total. The lowest BCUT2D eigenvalue weighted by molar-refractivity contribution is 0.246. The van der Waals surface area contributed by atoms with E-state index in [0.29, 0.717) is 0 Å². The minimum atomic E-state index is 0.988. The summed E-state index contributed by atoms with van der Waals surface area (Å²) in [7, 11) is 0. The molecule has 0 spiro atoms. The summed E-state index contributed by atoms with van der Waals surface area (Å²) in [5, 5.41) is 3.67. The SMILES string of the molecule is C1CCCN(CCNCC2CCCC2)CCC1. The van der Waals surface area contributed by atoms with Crippen LogP contribution in [-0.2, 0) is 0 Å². The van der Waals surface area contributed by atoms with Crippen molar-refractivity contribution in [3.8, 4) is 0 Å². The van der Waals surface area contributed by atoms with Crippen LogP contribution in [-0.4, -0.2) is 37.6 Å². The third kappa shape index (κ3) is 5.39. The van der Waals surface area contributed by atoms with Gasteiger partial charge in [-0.3, -0.25) is 0 Å². The van der Waals surface area contributed by atoms with Gasteiger partial charge in [0, 0.05) is 13.1 Å². The second kappa shape index (κ2) is 8.10. The first-order chi connectivity index (χ1) is 8.45. The van der Waals surface area contributed by atoms with Gasteiger partial charge in [-0.2, -0.15) is 0 Å². The molecule has 2 fully saturated rings. The van der Waals surface area contributed by atoms with Crippen LogP contribution in [0.5, 0.6) is 0 Å². The monoisotopic (exact) mass is 238 g/mol. The maximum Gasteiger partial charge on any atom is 0.0107 e. The van der Waals surface area contributed by atoms with E-state index in [4.69, 9.17) is 0 Å². The minimum Gasteiger partial charge on any atom is -0.315 e. The van der Waals surface area contributed by atoms with E-state index in [-0.39, 0.29) is 0 Å². The summed E-state index contributed by atoms with van der Waals surface area (Å²) in [5.74, 6) is 0.988. The molecule has 2 aliphatic rings. The van der Waals surface area contributed by atoms with Crippen LogP contribution in [0.1, 0.15) is 57.8 Å². The van der Waals surface area contributed by atoms with E-state index in [1.165, 1.54) is 90.5 Å². The van der Waals surface area contributed by atoms with Crippen LogP contribution in [0.2, 0.25) is 0 Å². The van der Waals surface area contributed by atoms with Crippen molar-refractivity contribution in [2.24, 2.45) is 5.92 Å². The van der Waals surface area contributed by atoms with Crippen LogP contribution in [0.25, 0.3) is 0 Å². The molecule has 1 N–H and O–H groups in total. The van der Waals surface area contributed by atoms with Crippen LogP contribution in [0.3, 0.4) is 0 Å². The molecule has 0 aromatic rings. The van der Waals surface area contributed by atoms with E-state index < -0.39 is 0 Å². The van der Waals surface area contributed by atoms with Crippen molar-refractivity contribution in [1.29, 1.82) is 0 Å². The molecule has 1 heterocycles. The quantitative estimate of drug-likeness (QED) is 0.741. The van der Waals surface area contributed by atoms with E-state index in [0.717, 1.165) is 5.92 Å². The zero-order valence-corrected chi connectivity index (χ0v) is 11.4. The van der Waals surface area contributed by atoms with E-state index in [9.17, 15) is 0 Å². The Hall–Kier alpha value is -0.0800. The Labute approximate surface area is 107 Å². The first kappa shape index (κ1) is 13.4. The van der Waals surface area contributed by atoms with Crippen molar-refractivity contribution >= 4 is 0 Å². The van der Waals surface area contributed by atoms with Gasteiger partial charge in [-0.15, -0.1) is 0 Å². The fourth-order valence-corrected chi connectivity index (χ4v) is 3.29. The van der Waals surface area contributed by atoms with Crippen molar-refractivity contribution in [3.63, 3.8) is 0 Å². The van der Waals surface area contributed by atoms with Crippen molar-refractivity contribution in [2.75, 3.05) is 32.7 Å². The van der Waals surface area contributed by atoms with Crippen molar-refractivity contribution < 1.29 is 0 Å². The number of rotatable bonds is 5. The molecular formula is C15H30N2. The third-order valence-corrected chi connectivity index (χ3v) is 4.46. The van der Waals surface area contributed by atoms with Crippen LogP contribution >= 0.6 is 0 Å². The molecule has 1 saturated carbocycles. The lowest BCUT2D eigenvalue weighted by Gasteiger charge is -2.24. The normalized spacial score (nSPS) is 24.7. The Morgan fingerprint density at radius 1 is 0.824 bits per heavy atom. The van der Waals surface area contributed by atoms with Gasteiger partial charge in [0.1, 0.15) is 0 Å². The van der Waals surface area contributed by atoms with Gasteiger partial charge < -0.3 is 10.2 Å². The molecule has 0 aromatic carbocycles. The van der Waals surface area contributed by atoms with Gasteiger partial charge >= 0.3 is 0 Å². The maximum atomic E-state index is 3.67. The third-order valence-electron chi connectivity index (χ3n) is 4.46. The van der Waals surface area contributed by atoms with Crippen LogP contribution in [0.15, 0.2) is 0 Å². The summed E-state index contributed by atoms with van der Waals surface area (Å²) < 4.78 is 0. The molecule has 100 valence electrons. The minimum absolute atomic E-state index is 0.988. The molecule has 0 aromatic heterocycles. The smallest absolute Gasteiger partial charge is 0.0107 e. The van der Waals surface area contributed by atoms with E-state index in [2.05, 4.69) is 10.2 Å². The molecule has 2 rings (SSSR count). The van der Waals surface area contributed by atoms with Gasteiger partial charge in [-0.1, -0.05) is 32.1 Å². The lowest BCUT2D eigenvalue weighted by Crippen LogP contribution is -2.35. The molecule has 0 unspecified atom stereocenters. The Morgan fingerprint density at radius 3 is 2.18 bits per heavy atom. The zero-order valence-electron chi connectivity index (χ0n) is 11.4. The molecular weight excluding hydrogens is 208 g/mol. The number of nitrogens with zero attached hydrogens (tertiary/aromatic N) is 1. The van der Waals surface area contributed by atoms with Gasteiger partial charge in [0.25, 0.3) is 0 Å². The standard InChI is InChI=1S/C15H30N2/c1-2-6-11-17(12-7-3-1)13-10-16-14-15-8-4-5-9-15/h15-16H,1-14H2. The summed E-state index contributed by atoms with van der Waals surface area (Å²) in [6.07, 6.45) is 13.1. The largest absolute Gasteiger partial charge is 0.315 e. The van der Waals surface area contributed by atoms with Crippen LogP contribution < -0.4 is 5.32 Å². The highest BCUT2D eigenvalue weighted by molar-refractivity contribution is 4.70. The molecule has 0 radical (unpaired) electrons. The van der Waals surface area contributed by atoms with Gasteiger partial charge in [-0.05, 0) is 51.2 Å². The van der Waals surface area contributed by atoms with Gasteiger partial charge in [0.15, 0.2) is 0 Å². The summed E-state index contributed by atoms with van der Waals surface area (Å²) in [6.45, 7) is 6.42. The Bertz CT molecular complexity index is 179. The summed E-state index contributed by atoms with van der Waals surface area (Å²) in [4.78, 5) is 2.67. The van der Waals surface area contributed by atoms with Crippen molar-refractivity contribution in [2.45, 2.75) is 57.8 Å². The van der Waals surface area contributed by atoms with E-state index in [1.807, 2.05) is 0 Å². The summed E-state index contributed by atoms with van der Waals surface area (Å²) >= 11 is 0. The van der Waals surface area contributed by atoms with E-state index >= 15 is 0 Å². The topological polar surface area (TPSA) is 15.3 Å². The Balaban J connectivity index is 1.50. The molecule has 0 amide bonds. The predicted molar refractivity (Wildman–Crippen MR) is 74.4 cm³/mol. The highest BCUT2D eigenvalue weighted by atomic mass is 15.1. The number of nitrogens with one attached hydrogen (secondary N) is 1. The highest BCUT2D eigenvalue weighted by Gasteiger charge is 2.14. The number of hydrogen-bond donors (Lipinski definition) is 1. The van der Waals surface area contributed by atoms with Gasteiger partial charge in [-0.25, -0.2) is 0 Å². The molecule has 0 atom stereocenters. The number of likely N-dealkylation sites (tertiary alicyclic amines) is 1. The first-order valence-corrected chi connectivity index (χ1v) is 7.88. The zero-order chi connectivity index (χ0) is 11.8. The molecule has 1 saturated heterocycles. The molecule has 2 heteroatoms. The fraction of sp³-hybridized carbons (Fsp3) is 1.00. The Morgan fingerprint density at radius 2 is 1.47 bits per heavy atom. The van der Waals surface area contributed by atoms with Crippen LogP contribution in [0, 0.1) is 5.92 Å².